The lowest BCUT2D eigenvalue weighted by Crippen LogP contribution is -2.28. The van der Waals surface area contributed by atoms with E-state index in [9.17, 15) is 14.3 Å². The fraction of sp³-hybridized carbons (Fsp3) is 0.865. The van der Waals surface area contributed by atoms with Crippen LogP contribution in [0.25, 0.3) is 0 Å². The number of phosphoric acid groups is 1. The van der Waals surface area contributed by atoms with E-state index in [2.05, 4.69) is 50.3 Å². The predicted molar refractivity (Wildman–Crippen MR) is 261 cm³/mol. The molecule has 0 aliphatic heterocycles. The van der Waals surface area contributed by atoms with Gasteiger partial charge in [-0.3, -0.25) is 13.8 Å². The molecule has 0 aliphatic rings. The van der Waals surface area contributed by atoms with E-state index < -0.39 is 13.9 Å². The lowest BCUT2D eigenvalue weighted by molar-refractivity contribution is -0.154. The zero-order valence-electron chi connectivity index (χ0n) is 40.2. The molecule has 360 valence electrons. The summed E-state index contributed by atoms with van der Waals surface area (Å²) in [7, 11) is -4.28. The smallest absolute Gasteiger partial charge is 0.457 e. The summed E-state index contributed by atoms with van der Waals surface area (Å²) in [6.07, 6.45) is 58.9. The summed E-state index contributed by atoms with van der Waals surface area (Å²) in [6, 6.07) is 0. The van der Waals surface area contributed by atoms with Crippen molar-refractivity contribution in [2.24, 2.45) is 5.73 Å². The average Bonchev–Trinajstić information content (AvgIpc) is 3.25. The van der Waals surface area contributed by atoms with Crippen molar-refractivity contribution in [2.45, 2.75) is 258 Å². The highest BCUT2D eigenvalue weighted by Crippen LogP contribution is 2.43. The highest BCUT2D eigenvalue weighted by molar-refractivity contribution is 7.47. The van der Waals surface area contributed by atoms with Gasteiger partial charge in [-0.05, 0) is 51.4 Å². The SMILES string of the molecule is CCCCCCC/C=C\C/C=C\C/C=C\CCCCCCCCCCCOCC(COP(=O)(O)OCCN)OC(=O)CCCCCCCCCCCCCCCCCCCC. The number of hydrogen-bond acceptors (Lipinski definition) is 7. The first-order valence-electron chi connectivity index (χ1n) is 26.0. The normalized spacial score (nSPS) is 13.6. The van der Waals surface area contributed by atoms with Gasteiger partial charge in [0, 0.05) is 19.6 Å². The Bertz CT molecular complexity index is 1040. The van der Waals surface area contributed by atoms with E-state index in [-0.39, 0.29) is 32.3 Å². The van der Waals surface area contributed by atoms with Gasteiger partial charge in [0.05, 0.1) is 19.8 Å². The second-order valence-corrected chi connectivity index (χ2v) is 18.8. The van der Waals surface area contributed by atoms with Crippen molar-refractivity contribution in [2.75, 3.05) is 33.0 Å². The maximum atomic E-state index is 12.6. The van der Waals surface area contributed by atoms with Crippen molar-refractivity contribution in [1.82, 2.24) is 0 Å². The Kier molecular flexibility index (Phi) is 48.7. The fourth-order valence-corrected chi connectivity index (χ4v) is 8.24. The number of carbonyl (C=O) groups is 1. The van der Waals surface area contributed by atoms with Gasteiger partial charge in [0.15, 0.2) is 0 Å². The first kappa shape index (κ1) is 59.7. The molecule has 0 bridgehead atoms. The van der Waals surface area contributed by atoms with Crippen molar-refractivity contribution in [1.29, 1.82) is 0 Å². The summed E-state index contributed by atoms with van der Waals surface area (Å²) in [5.74, 6) is -0.328. The quantitative estimate of drug-likeness (QED) is 0.0268. The van der Waals surface area contributed by atoms with E-state index in [4.69, 9.17) is 24.3 Å². The number of allylic oxidation sites excluding steroid dienone is 6. The van der Waals surface area contributed by atoms with Gasteiger partial charge in [-0.1, -0.05) is 230 Å². The third-order valence-electron chi connectivity index (χ3n) is 11.3. The second kappa shape index (κ2) is 49.7. The van der Waals surface area contributed by atoms with Gasteiger partial charge < -0.3 is 20.1 Å². The first-order valence-corrected chi connectivity index (χ1v) is 27.5. The molecule has 0 fully saturated rings. The van der Waals surface area contributed by atoms with E-state index in [0.29, 0.717) is 13.0 Å². The van der Waals surface area contributed by atoms with Crippen molar-refractivity contribution in [3.8, 4) is 0 Å². The highest BCUT2D eigenvalue weighted by Gasteiger charge is 2.25. The molecule has 0 aliphatic carbocycles. The van der Waals surface area contributed by atoms with Crippen LogP contribution in [0.5, 0.6) is 0 Å². The molecule has 0 heterocycles. The Morgan fingerprint density at radius 3 is 1.30 bits per heavy atom. The maximum absolute atomic E-state index is 12.6. The molecule has 2 atom stereocenters. The zero-order valence-corrected chi connectivity index (χ0v) is 41.1. The average molecular weight is 882 g/mol. The van der Waals surface area contributed by atoms with Gasteiger partial charge >= 0.3 is 13.8 Å². The molecule has 9 heteroatoms. The summed E-state index contributed by atoms with van der Waals surface area (Å²) in [5.41, 5.74) is 5.39. The lowest BCUT2D eigenvalue weighted by Gasteiger charge is -2.20. The van der Waals surface area contributed by atoms with Crippen molar-refractivity contribution in [3.63, 3.8) is 0 Å². The number of rotatable bonds is 50. The van der Waals surface area contributed by atoms with Gasteiger partial charge in [0.25, 0.3) is 0 Å². The Labute approximate surface area is 378 Å². The minimum absolute atomic E-state index is 0.0953. The number of phosphoric ester groups is 1. The van der Waals surface area contributed by atoms with E-state index in [1.165, 1.54) is 186 Å². The predicted octanol–water partition coefficient (Wildman–Crippen LogP) is 16.1. The summed E-state index contributed by atoms with van der Waals surface area (Å²) in [5, 5.41) is 0. The van der Waals surface area contributed by atoms with E-state index in [1.807, 2.05) is 0 Å². The van der Waals surface area contributed by atoms with Crippen LogP contribution in [-0.4, -0.2) is 49.9 Å². The molecule has 0 aromatic rings. The van der Waals surface area contributed by atoms with Gasteiger partial charge in [0.2, 0.25) is 0 Å². The van der Waals surface area contributed by atoms with E-state index >= 15 is 0 Å². The van der Waals surface area contributed by atoms with Crippen LogP contribution >= 0.6 is 7.82 Å². The third-order valence-corrected chi connectivity index (χ3v) is 12.3. The lowest BCUT2D eigenvalue weighted by atomic mass is 10.0. The number of unbranched alkanes of at least 4 members (excludes halogenated alkanes) is 31. The summed E-state index contributed by atoms with van der Waals surface area (Å²) in [4.78, 5) is 22.6. The zero-order chi connectivity index (χ0) is 44.4. The molecule has 0 aromatic heterocycles. The summed E-state index contributed by atoms with van der Waals surface area (Å²) >= 11 is 0. The molecule has 0 amide bonds. The molecule has 8 nitrogen and oxygen atoms in total. The number of esters is 1. The maximum Gasteiger partial charge on any atom is 0.472 e. The second-order valence-electron chi connectivity index (χ2n) is 17.4. The van der Waals surface area contributed by atoms with Crippen LogP contribution in [0.3, 0.4) is 0 Å². The number of ether oxygens (including phenoxy) is 2. The minimum atomic E-state index is -4.28. The monoisotopic (exact) mass is 882 g/mol. The molecule has 2 unspecified atom stereocenters. The van der Waals surface area contributed by atoms with Gasteiger partial charge in [-0.25, -0.2) is 4.57 Å². The molecule has 0 rings (SSSR count). The van der Waals surface area contributed by atoms with Gasteiger partial charge in [0.1, 0.15) is 6.10 Å². The van der Waals surface area contributed by atoms with Crippen molar-refractivity contribution < 1.29 is 32.8 Å². The number of carbonyl (C=O) groups excluding carboxylic acids is 1. The summed E-state index contributed by atoms with van der Waals surface area (Å²) in [6.45, 7) is 4.94. The molecule has 0 saturated heterocycles. The molecule has 0 radical (unpaired) electrons. The Morgan fingerprint density at radius 1 is 0.492 bits per heavy atom. The number of nitrogens with two attached hydrogens (primary N) is 1. The Balaban J connectivity index is 3.93. The van der Waals surface area contributed by atoms with E-state index in [0.717, 1.165) is 44.9 Å². The first-order chi connectivity index (χ1) is 29.9. The Hall–Kier alpha value is -1.28. The van der Waals surface area contributed by atoms with Crippen LogP contribution < -0.4 is 5.73 Å². The van der Waals surface area contributed by atoms with Crippen molar-refractivity contribution in [3.05, 3.63) is 36.5 Å². The van der Waals surface area contributed by atoms with Crippen LogP contribution in [0.1, 0.15) is 251 Å². The van der Waals surface area contributed by atoms with E-state index in [1.54, 1.807) is 0 Å². The van der Waals surface area contributed by atoms with Crippen LogP contribution in [0.4, 0.5) is 0 Å². The van der Waals surface area contributed by atoms with Gasteiger partial charge in [-0.15, -0.1) is 0 Å². The molecular formula is C52H100NO7P. The van der Waals surface area contributed by atoms with Crippen molar-refractivity contribution >= 4 is 13.8 Å². The molecule has 61 heavy (non-hydrogen) atoms. The van der Waals surface area contributed by atoms with Crippen LogP contribution in [-0.2, 0) is 27.9 Å². The number of hydrogen-bond donors (Lipinski definition) is 2. The molecule has 3 N–H and O–H groups in total. The highest BCUT2D eigenvalue weighted by atomic mass is 31.2. The van der Waals surface area contributed by atoms with Crippen LogP contribution in [0, 0.1) is 0 Å². The summed E-state index contributed by atoms with van der Waals surface area (Å²) < 4.78 is 33.6. The standard InChI is InChI=1S/C52H100NO7P/c1-3-5-7-9-11-13-15-17-19-21-23-24-25-26-27-28-30-32-34-36-38-40-42-44-47-57-49-51(50-59-61(55,56)58-48-46-53)60-52(54)45-43-41-39-37-35-33-31-29-22-20-18-16-14-12-10-8-6-4-2/h15,17,21,23,25-26,51H,3-14,16,18-20,22,24,27-50,53H2,1-2H3,(H,55,56)/b17-15-,23-21-,26-25-. The Morgan fingerprint density at radius 2 is 0.869 bits per heavy atom. The largest absolute Gasteiger partial charge is 0.472 e. The fourth-order valence-electron chi connectivity index (χ4n) is 7.48. The third kappa shape index (κ3) is 49.6. The van der Waals surface area contributed by atoms with Gasteiger partial charge in [-0.2, -0.15) is 0 Å². The molecule has 0 spiro atoms. The molecule has 0 aromatic carbocycles. The minimum Gasteiger partial charge on any atom is -0.457 e. The van der Waals surface area contributed by atoms with Crippen LogP contribution in [0.2, 0.25) is 0 Å². The topological polar surface area (TPSA) is 117 Å². The molecule has 0 saturated carbocycles. The molecular weight excluding hydrogens is 782 g/mol. The van der Waals surface area contributed by atoms with Crippen LogP contribution in [0.15, 0.2) is 36.5 Å².